The van der Waals surface area contributed by atoms with Crippen LogP contribution in [-0.2, 0) is 6.61 Å². The molecule has 8 heteroatoms. The number of anilines is 1. The number of nitrogens with zero attached hydrogens (tertiary/aromatic N) is 1. The van der Waals surface area contributed by atoms with Gasteiger partial charge in [-0.25, -0.2) is 0 Å². The summed E-state index contributed by atoms with van der Waals surface area (Å²) in [7, 11) is 1.42. The molecule has 0 aliphatic heterocycles. The minimum atomic E-state index is -0.561. The number of amides is 1. The standard InChI is InChI=1S/C20H18N2O5S/c1-13-5-3-4-6-18(13)27-11-14-9-19(28-12-14)20(23)21-16-8-7-15(26-2)10-17(16)22(24)25/h3-10,12H,11H2,1-2H3,(H,21,23). The van der Waals surface area contributed by atoms with Gasteiger partial charge in [0, 0.05) is 5.56 Å². The molecular weight excluding hydrogens is 380 g/mol. The van der Waals surface area contributed by atoms with E-state index in [9.17, 15) is 14.9 Å². The minimum Gasteiger partial charge on any atom is -0.496 e. The maximum absolute atomic E-state index is 12.5. The van der Waals surface area contributed by atoms with Crippen molar-refractivity contribution in [2.24, 2.45) is 0 Å². The van der Waals surface area contributed by atoms with Crippen LogP contribution in [-0.4, -0.2) is 17.9 Å². The van der Waals surface area contributed by atoms with E-state index in [1.54, 1.807) is 12.1 Å². The maximum Gasteiger partial charge on any atom is 0.296 e. The van der Waals surface area contributed by atoms with E-state index in [0.29, 0.717) is 17.2 Å². The van der Waals surface area contributed by atoms with Crippen molar-refractivity contribution in [3.05, 3.63) is 80.0 Å². The zero-order valence-corrected chi connectivity index (χ0v) is 16.1. The van der Waals surface area contributed by atoms with Crippen molar-refractivity contribution in [2.75, 3.05) is 12.4 Å². The summed E-state index contributed by atoms with van der Waals surface area (Å²) in [6.45, 7) is 2.29. The monoisotopic (exact) mass is 398 g/mol. The Morgan fingerprint density at radius 1 is 1.21 bits per heavy atom. The third-order valence-corrected chi connectivity index (χ3v) is 4.99. The second kappa shape index (κ2) is 8.53. The number of nitro groups is 1. The van der Waals surface area contributed by atoms with Gasteiger partial charge >= 0.3 is 0 Å². The number of ether oxygens (including phenoxy) is 2. The molecule has 2 aromatic carbocycles. The number of rotatable bonds is 7. The maximum atomic E-state index is 12.5. The van der Waals surface area contributed by atoms with Crippen LogP contribution in [0.5, 0.6) is 11.5 Å². The summed E-state index contributed by atoms with van der Waals surface area (Å²) in [5.74, 6) is 0.713. The average molecular weight is 398 g/mol. The van der Waals surface area contributed by atoms with Gasteiger partial charge < -0.3 is 14.8 Å². The molecule has 0 radical (unpaired) electrons. The largest absolute Gasteiger partial charge is 0.496 e. The van der Waals surface area contributed by atoms with Crippen LogP contribution in [0.4, 0.5) is 11.4 Å². The number of para-hydroxylation sites is 1. The van der Waals surface area contributed by atoms with Crippen molar-refractivity contribution in [2.45, 2.75) is 13.5 Å². The number of hydrogen-bond acceptors (Lipinski definition) is 6. The normalized spacial score (nSPS) is 10.4. The van der Waals surface area contributed by atoms with Crippen LogP contribution in [0.25, 0.3) is 0 Å². The molecule has 1 N–H and O–H groups in total. The number of methoxy groups -OCH3 is 1. The first kappa shape index (κ1) is 19.4. The van der Waals surface area contributed by atoms with Gasteiger partial charge in [-0.15, -0.1) is 11.3 Å². The van der Waals surface area contributed by atoms with Crippen molar-refractivity contribution in [1.29, 1.82) is 0 Å². The molecule has 1 aromatic heterocycles. The Balaban J connectivity index is 1.69. The van der Waals surface area contributed by atoms with Gasteiger partial charge in [0.2, 0.25) is 0 Å². The van der Waals surface area contributed by atoms with Crippen LogP contribution < -0.4 is 14.8 Å². The van der Waals surface area contributed by atoms with E-state index >= 15 is 0 Å². The quantitative estimate of drug-likeness (QED) is 0.456. The molecule has 1 heterocycles. The summed E-state index contributed by atoms with van der Waals surface area (Å²) in [6, 6.07) is 13.7. The third-order valence-electron chi connectivity index (χ3n) is 4.02. The summed E-state index contributed by atoms with van der Waals surface area (Å²) >= 11 is 1.25. The Hall–Kier alpha value is -3.39. The second-order valence-electron chi connectivity index (χ2n) is 5.97. The molecule has 0 spiro atoms. The number of carbonyl (C=O) groups excluding carboxylic acids is 1. The number of aryl methyl sites for hydroxylation is 1. The molecule has 0 atom stereocenters. The van der Waals surface area contributed by atoms with Crippen molar-refractivity contribution in [1.82, 2.24) is 0 Å². The Morgan fingerprint density at radius 2 is 2.00 bits per heavy atom. The molecule has 1 amide bonds. The van der Waals surface area contributed by atoms with Crippen molar-refractivity contribution < 1.29 is 19.2 Å². The van der Waals surface area contributed by atoms with Crippen molar-refractivity contribution in [3.8, 4) is 11.5 Å². The number of carbonyl (C=O) groups is 1. The van der Waals surface area contributed by atoms with Gasteiger partial charge in [0.25, 0.3) is 11.6 Å². The molecule has 0 saturated heterocycles. The fourth-order valence-corrected chi connectivity index (χ4v) is 3.32. The highest BCUT2D eigenvalue weighted by atomic mass is 32.1. The van der Waals surface area contributed by atoms with E-state index in [0.717, 1.165) is 16.9 Å². The Bertz CT molecular complexity index is 1020. The lowest BCUT2D eigenvalue weighted by Crippen LogP contribution is -2.11. The lowest BCUT2D eigenvalue weighted by atomic mass is 10.2. The Kier molecular flexibility index (Phi) is 5.90. The number of benzene rings is 2. The van der Waals surface area contributed by atoms with Crippen molar-refractivity contribution >= 4 is 28.6 Å². The van der Waals surface area contributed by atoms with Crippen molar-refractivity contribution in [3.63, 3.8) is 0 Å². The molecule has 0 bridgehead atoms. The van der Waals surface area contributed by atoms with E-state index in [1.165, 1.54) is 30.6 Å². The highest BCUT2D eigenvalue weighted by molar-refractivity contribution is 7.12. The van der Waals surface area contributed by atoms with Crippen LogP contribution in [0.2, 0.25) is 0 Å². The van der Waals surface area contributed by atoms with Gasteiger partial charge in [0.15, 0.2) is 0 Å². The summed E-state index contributed by atoms with van der Waals surface area (Å²) < 4.78 is 10.8. The molecule has 0 aliphatic rings. The third kappa shape index (κ3) is 4.47. The summed E-state index contributed by atoms with van der Waals surface area (Å²) in [5.41, 5.74) is 1.76. The SMILES string of the molecule is COc1ccc(NC(=O)c2cc(COc3ccccc3C)cs2)c([N+](=O)[O-])c1. The molecule has 0 aliphatic carbocycles. The predicted molar refractivity (Wildman–Crippen MR) is 107 cm³/mol. The van der Waals surface area contributed by atoms with Gasteiger partial charge in [-0.05, 0) is 42.1 Å². The smallest absolute Gasteiger partial charge is 0.296 e. The lowest BCUT2D eigenvalue weighted by Gasteiger charge is -2.07. The molecule has 0 unspecified atom stereocenters. The highest BCUT2D eigenvalue weighted by Crippen LogP contribution is 2.30. The number of thiophene rings is 1. The molecule has 0 fully saturated rings. The highest BCUT2D eigenvalue weighted by Gasteiger charge is 2.19. The van der Waals surface area contributed by atoms with Crippen LogP contribution in [0.1, 0.15) is 20.8 Å². The first-order chi connectivity index (χ1) is 13.5. The van der Waals surface area contributed by atoms with E-state index in [4.69, 9.17) is 9.47 Å². The number of nitro benzene ring substituents is 1. The van der Waals surface area contributed by atoms with Crippen LogP contribution >= 0.6 is 11.3 Å². The van der Waals surface area contributed by atoms with Gasteiger partial charge in [0.05, 0.1) is 23.0 Å². The molecular formula is C20H18N2O5S. The van der Waals surface area contributed by atoms with Gasteiger partial charge in [0.1, 0.15) is 23.8 Å². The van der Waals surface area contributed by atoms with Gasteiger partial charge in [-0.2, -0.15) is 0 Å². The molecule has 3 aromatic rings. The summed E-state index contributed by atoms with van der Waals surface area (Å²) in [5, 5.41) is 15.7. The fraction of sp³-hybridized carbons (Fsp3) is 0.150. The van der Waals surface area contributed by atoms with E-state index in [-0.39, 0.29) is 11.4 Å². The molecule has 144 valence electrons. The zero-order valence-electron chi connectivity index (χ0n) is 15.3. The van der Waals surface area contributed by atoms with E-state index in [2.05, 4.69) is 5.32 Å². The van der Waals surface area contributed by atoms with Crippen LogP contribution in [0.3, 0.4) is 0 Å². The fourth-order valence-electron chi connectivity index (χ4n) is 2.53. The Labute approximate surface area is 165 Å². The first-order valence-corrected chi connectivity index (χ1v) is 9.25. The molecule has 0 saturated carbocycles. The molecule has 7 nitrogen and oxygen atoms in total. The molecule has 28 heavy (non-hydrogen) atoms. The topological polar surface area (TPSA) is 90.7 Å². The van der Waals surface area contributed by atoms with Gasteiger partial charge in [-0.3, -0.25) is 14.9 Å². The summed E-state index contributed by atoms with van der Waals surface area (Å²) in [4.78, 5) is 23.6. The zero-order chi connectivity index (χ0) is 20.1. The predicted octanol–water partition coefficient (Wildman–Crippen LogP) is 4.80. The van der Waals surface area contributed by atoms with E-state index < -0.39 is 10.8 Å². The lowest BCUT2D eigenvalue weighted by molar-refractivity contribution is -0.384. The average Bonchev–Trinajstić information content (AvgIpc) is 3.16. The summed E-state index contributed by atoms with van der Waals surface area (Å²) in [6.07, 6.45) is 0. The van der Waals surface area contributed by atoms with Crippen LogP contribution in [0, 0.1) is 17.0 Å². The van der Waals surface area contributed by atoms with Gasteiger partial charge in [-0.1, -0.05) is 18.2 Å². The van der Waals surface area contributed by atoms with E-state index in [1.807, 2.05) is 36.6 Å². The minimum absolute atomic E-state index is 0.113. The number of hydrogen-bond donors (Lipinski definition) is 1. The van der Waals surface area contributed by atoms with Crippen LogP contribution in [0.15, 0.2) is 53.9 Å². The molecule has 3 rings (SSSR count). The second-order valence-corrected chi connectivity index (χ2v) is 6.88. The Morgan fingerprint density at radius 3 is 2.71 bits per heavy atom. The first-order valence-electron chi connectivity index (χ1n) is 8.37. The number of nitrogens with one attached hydrogen (secondary N) is 1.